The van der Waals surface area contributed by atoms with E-state index in [9.17, 15) is 4.79 Å². The van der Waals surface area contributed by atoms with Crippen LogP contribution in [0.1, 0.15) is 17.1 Å². The van der Waals surface area contributed by atoms with Gasteiger partial charge in [-0.2, -0.15) is 0 Å². The van der Waals surface area contributed by atoms with Crippen molar-refractivity contribution >= 4 is 45.6 Å². The molecule has 1 saturated heterocycles. The van der Waals surface area contributed by atoms with E-state index in [1.165, 1.54) is 11.3 Å². The van der Waals surface area contributed by atoms with Crippen LogP contribution in [0.3, 0.4) is 0 Å². The molecule has 0 radical (unpaired) electrons. The molecule has 4 rings (SSSR count). The van der Waals surface area contributed by atoms with E-state index < -0.39 is 0 Å². The Morgan fingerprint density at radius 2 is 1.83 bits per heavy atom. The maximum absolute atomic E-state index is 12.7. The first-order valence-corrected chi connectivity index (χ1v) is 11.0. The Morgan fingerprint density at radius 3 is 2.53 bits per heavy atom. The van der Waals surface area contributed by atoms with Crippen LogP contribution in [-0.2, 0) is 11.2 Å². The summed E-state index contributed by atoms with van der Waals surface area (Å²) in [6.07, 6.45) is 0.295. The van der Waals surface area contributed by atoms with Gasteiger partial charge in [0, 0.05) is 53.7 Å². The fourth-order valence-corrected chi connectivity index (χ4v) is 4.37. The fraction of sp³-hybridized carbons (Fsp3) is 0.333. The Morgan fingerprint density at radius 1 is 1.10 bits per heavy atom. The lowest BCUT2D eigenvalue weighted by Gasteiger charge is -2.36. The van der Waals surface area contributed by atoms with E-state index in [1.807, 2.05) is 54.5 Å². The first-order valence-electron chi connectivity index (χ1n) is 9.78. The lowest BCUT2D eigenvalue weighted by Crippen LogP contribution is -2.49. The maximum atomic E-state index is 12.7. The zero-order chi connectivity index (χ0) is 21.1. The molecule has 3 heterocycles. The molecule has 3 aromatic rings. The third kappa shape index (κ3) is 5.06. The Bertz CT molecular complexity index is 1030. The van der Waals surface area contributed by atoms with Crippen molar-refractivity contribution in [2.24, 2.45) is 0 Å². The molecule has 1 aliphatic rings. The van der Waals surface area contributed by atoms with Gasteiger partial charge in [-0.3, -0.25) is 4.79 Å². The molecular formula is C21H23ClN6OS. The first kappa shape index (κ1) is 20.6. The number of carbonyl (C=O) groups is 1. The SMILES string of the molecule is Cc1cc(C)nc(Nc2nc(CC(=O)N3CCN(c4cccc(Cl)c4)CC3)cs2)n1. The highest BCUT2D eigenvalue weighted by Crippen LogP contribution is 2.22. The molecule has 1 amide bonds. The molecule has 0 spiro atoms. The van der Waals surface area contributed by atoms with Crippen LogP contribution in [0.4, 0.5) is 16.8 Å². The van der Waals surface area contributed by atoms with E-state index in [-0.39, 0.29) is 5.91 Å². The third-order valence-corrected chi connectivity index (χ3v) is 5.93. The third-order valence-electron chi connectivity index (χ3n) is 4.89. The number of thiazole rings is 1. The van der Waals surface area contributed by atoms with Crippen LogP contribution in [0, 0.1) is 13.8 Å². The second kappa shape index (κ2) is 8.97. The van der Waals surface area contributed by atoms with Crippen molar-refractivity contribution < 1.29 is 4.79 Å². The smallest absolute Gasteiger partial charge is 0.229 e. The van der Waals surface area contributed by atoms with Crippen molar-refractivity contribution in [1.29, 1.82) is 0 Å². The van der Waals surface area contributed by atoms with Gasteiger partial charge in [0.05, 0.1) is 12.1 Å². The van der Waals surface area contributed by atoms with Gasteiger partial charge in [0.25, 0.3) is 0 Å². The molecule has 1 aliphatic heterocycles. The molecule has 1 fully saturated rings. The van der Waals surface area contributed by atoms with Gasteiger partial charge in [-0.05, 0) is 38.1 Å². The second-order valence-corrected chi connectivity index (χ2v) is 8.56. The van der Waals surface area contributed by atoms with Crippen LogP contribution in [-0.4, -0.2) is 51.9 Å². The van der Waals surface area contributed by atoms with Crippen molar-refractivity contribution in [3.63, 3.8) is 0 Å². The molecule has 2 aromatic heterocycles. The standard InChI is InChI=1S/C21H23ClN6OS/c1-14-10-15(2)24-20(23-14)26-21-25-17(13-30-21)12-19(29)28-8-6-27(7-9-28)18-5-3-4-16(22)11-18/h3-5,10-11,13H,6-9,12H2,1-2H3,(H,23,24,25,26). The van der Waals surface area contributed by atoms with E-state index in [2.05, 4.69) is 25.2 Å². The van der Waals surface area contributed by atoms with Crippen molar-refractivity contribution in [1.82, 2.24) is 19.9 Å². The first-order chi connectivity index (χ1) is 14.5. The van der Waals surface area contributed by atoms with E-state index in [0.29, 0.717) is 30.6 Å². The average Bonchev–Trinajstić information content (AvgIpc) is 3.14. The predicted octanol–water partition coefficient (Wildman–Crippen LogP) is 3.84. The van der Waals surface area contributed by atoms with Gasteiger partial charge in [0.1, 0.15) is 0 Å². The Kier molecular flexibility index (Phi) is 6.15. The number of benzene rings is 1. The minimum Gasteiger partial charge on any atom is -0.368 e. The highest BCUT2D eigenvalue weighted by molar-refractivity contribution is 7.13. The van der Waals surface area contributed by atoms with Crippen LogP contribution < -0.4 is 10.2 Å². The number of nitrogens with one attached hydrogen (secondary N) is 1. The zero-order valence-corrected chi connectivity index (χ0v) is 18.5. The fourth-order valence-electron chi connectivity index (χ4n) is 3.48. The molecule has 0 aliphatic carbocycles. The number of piperazine rings is 1. The van der Waals surface area contributed by atoms with Gasteiger partial charge < -0.3 is 15.1 Å². The average molecular weight is 443 g/mol. The van der Waals surface area contributed by atoms with Crippen LogP contribution >= 0.6 is 22.9 Å². The summed E-state index contributed by atoms with van der Waals surface area (Å²) >= 11 is 7.54. The molecule has 30 heavy (non-hydrogen) atoms. The number of hydrogen-bond acceptors (Lipinski definition) is 7. The summed E-state index contributed by atoms with van der Waals surface area (Å²) in [4.78, 5) is 30.1. The number of halogens is 1. The van der Waals surface area contributed by atoms with Crippen LogP contribution in [0.25, 0.3) is 0 Å². The van der Waals surface area contributed by atoms with Crippen LogP contribution in [0.15, 0.2) is 35.7 Å². The molecule has 0 atom stereocenters. The molecular weight excluding hydrogens is 420 g/mol. The van der Waals surface area contributed by atoms with Crippen LogP contribution in [0.2, 0.25) is 5.02 Å². The summed E-state index contributed by atoms with van der Waals surface area (Å²) in [5.41, 5.74) is 3.65. The quantitative estimate of drug-likeness (QED) is 0.647. The van der Waals surface area contributed by atoms with Crippen molar-refractivity contribution in [3.8, 4) is 0 Å². The number of carbonyl (C=O) groups excluding carboxylic acids is 1. The summed E-state index contributed by atoms with van der Waals surface area (Å²) in [5.74, 6) is 0.622. The molecule has 0 bridgehead atoms. The summed E-state index contributed by atoms with van der Waals surface area (Å²) in [6.45, 7) is 6.82. The Labute approximate surface area is 184 Å². The molecule has 9 heteroatoms. The number of anilines is 3. The van der Waals surface area contributed by atoms with Gasteiger partial charge in [-0.1, -0.05) is 17.7 Å². The number of amides is 1. The molecule has 1 N–H and O–H groups in total. The van der Waals surface area contributed by atoms with E-state index in [1.54, 1.807) is 0 Å². The zero-order valence-electron chi connectivity index (χ0n) is 16.9. The number of aromatic nitrogens is 3. The summed E-state index contributed by atoms with van der Waals surface area (Å²) in [7, 11) is 0. The molecule has 0 saturated carbocycles. The van der Waals surface area contributed by atoms with Gasteiger partial charge >= 0.3 is 0 Å². The number of aryl methyl sites for hydroxylation is 2. The highest BCUT2D eigenvalue weighted by atomic mass is 35.5. The molecule has 7 nitrogen and oxygen atoms in total. The van der Waals surface area contributed by atoms with Crippen molar-refractivity contribution in [2.75, 3.05) is 36.4 Å². The summed E-state index contributed by atoms with van der Waals surface area (Å²) in [5, 5.41) is 6.45. The molecule has 0 unspecified atom stereocenters. The monoisotopic (exact) mass is 442 g/mol. The largest absolute Gasteiger partial charge is 0.368 e. The minimum absolute atomic E-state index is 0.0974. The van der Waals surface area contributed by atoms with Gasteiger partial charge in [-0.15, -0.1) is 11.3 Å². The lowest BCUT2D eigenvalue weighted by atomic mass is 10.2. The maximum Gasteiger partial charge on any atom is 0.229 e. The minimum atomic E-state index is 0.0974. The number of nitrogens with zero attached hydrogens (tertiary/aromatic N) is 5. The van der Waals surface area contributed by atoms with Gasteiger partial charge in [-0.25, -0.2) is 15.0 Å². The number of hydrogen-bond donors (Lipinski definition) is 1. The predicted molar refractivity (Wildman–Crippen MR) is 121 cm³/mol. The second-order valence-electron chi connectivity index (χ2n) is 7.27. The topological polar surface area (TPSA) is 74.2 Å². The Balaban J connectivity index is 1.31. The molecule has 156 valence electrons. The van der Waals surface area contributed by atoms with E-state index >= 15 is 0 Å². The van der Waals surface area contributed by atoms with Crippen molar-refractivity contribution in [3.05, 3.63) is 57.8 Å². The normalized spacial score (nSPS) is 14.1. The lowest BCUT2D eigenvalue weighted by molar-refractivity contribution is -0.130. The summed E-state index contributed by atoms with van der Waals surface area (Å²) in [6, 6.07) is 9.75. The highest BCUT2D eigenvalue weighted by Gasteiger charge is 2.22. The Hall–Kier alpha value is -2.71. The van der Waals surface area contributed by atoms with Crippen molar-refractivity contribution in [2.45, 2.75) is 20.3 Å². The van der Waals surface area contributed by atoms with Gasteiger partial charge in [0.2, 0.25) is 11.9 Å². The summed E-state index contributed by atoms with van der Waals surface area (Å²) < 4.78 is 0. The molecule has 1 aromatic carbocycles. The number of rotatable bonds is 5. The van der Waals surface area contributed by atoms with Gasteiger partial charge in [0.15, 0.2) is 5.13 Å². The van der Waals surface area contributed by atoms with E-state index in [0.717, 1.165) is 40.9 Å². The van der Waals surface area contributed by atoms with Crippen LogP contribution in [0.5, 0.6) is 0 Å². The van der Waals surface area contributed by atoms with E-state index in [4.69, 9.17) is 11.6 Å².